The fraction of sp³-hybridized carbons (Fsp3) is 0.192. The van der Waals surface area contributed by atoms with Gasteiger partial charge in [0, 0.05) is 46.4 Å². The lowest BCUT2D eigenvalue weighted by atomic mass is 10.1. The smallest absolute Gasteiger partial charge is 0.251 e. The van der Waals surface area contributed by atoms with E-state index in [2.05, 4.69) is 72.4 Å². The Bertz CT molecular complexity index is 1160. The van der Waals surface area contributed by atoms with Crippen molar-refractivity contribution in [2.24, 2.45) is 0 Å². The van der Waals surface area contributed by atoms with Gasteiger partial charge in [0.05, 0.1) is 0 Å². The molecule has 3 nitrogen and oxygen atoms in total. The second kappa shape index (κ2) is 9.23. The van der Waals surface area contributed by atoms with E-state index in [0.717, 1.165) is 12.3 Å². The number of aromatic nitrogens is 1. The fourth-order valence-corrected chi connectivity index (χ4v) is 4.76. The number of thioether (sulfide) groups is 1. The topological polar surface area (TPSA) is 34.0 Å². The van der Waals surface area contributed by atoms with E-state index in [1.165, 1.54) is 32.5 Å². The van der Waals surface area contributed by atoms with Gasteiger partial charge in [0.25, 0.3) is 5.91 Å². The van der Waals surface area contributed by atoms with Gasteiger partial charge in [-0.2, -0.15) is 0 Å². The van der Waals surface area contributed by atoms with Crippen LogP contribution in [0.15, 0.2) is 83.9 Å². The number of hydrogen-bond donors (Lipinski definition) is 1. The minimum atomic E-state index is -0.0309. The molecule has 1 heterocycles. The van der Waals surface area contributed by atoms with E-state index in [1.54, 1.807) is 0 Å². The van der Waals surface area contributed by atoms with Gasteiger partial charge in [-0.05, 0) is 43.2 Å². The van der Waals surface area contributed by atoms with E-state index in [4.69, 9.17) is 0 Å². The summed E-state index contributed by atoms with van der Waals surface area (Å²) >= 11 is 1.88. The van der Waals surface area contributed by atoms with Crippen LogP contribution in [0, 0.1) is 13.8 Å². The van der Waals surface area contributed by atoms with Crippen LogP contribution in [0.5, 0.6) is 0 Å². The van der Waals surface area contributed by atoms with Gasteiger partial charge in [-0.3, -0.25) is 4.79 Å². The monoisotopic (exact) mass is 414 g/mol. The summed E-state index contributed by atoms with van der Waals surface area (Å²) in [4.78, 5) is 13.6. The lowest BCUT2D eigenvalue weighted by molar-refractivity contribution is 0.0952. The van der Waals surface area contributed by atoms with Gasteiger partial charge in [-0.1, -0.05) is 60.2 Å². The van der Waals surface area contributed by atoms with Crippen LogP contribution in [-0.4, -0.2) is 17.0 Å². The Morgan fingerprint density at radius 3 is 2.57 bits per heavy atom. The summed E-state index contributed by atoms with van der Waals surface area (Å²) < 4.78 is 2.24. The number of aryl methyl sites for hydroxylation is 2. The van der Waals surface area contributed by atoms with Crippen LogP contribution in [0.4, 0.5) is 0 Å². The van der Waals surface area contributed by atoms with E-state index in [-0.39, 0.29) is 5.91 Å². The third kappa shape index (κ3) is 4.60. The highest BCUT2D eigenvalue weighted by atomic mass is 32.2. The number of nitrogens with one attached hydrogen (secondary N) is 1. The molecule has 0 aliphatic carbocycles. The van der Waals surface area contributed by atoms with Gasteiger partial charge < -0.3 is 9.88 Å². The average molecular weight is 415 g/mol. The van der Waals surface area contributed by atoms with Crippen LogP contribution in [-0.2, 0) is 12.3 Å². The molecule has 4 heteroatoms. The number of fused-ring (bicyclic) bond motifs is 1. The van der Waals surface area contributed by atoms with Crippen molar-refractivity contribution in [2.75, 3.05) is 6.54 Å². The lowest BCUT2D eigenvalue weighted by Crippen LogP contribution is -2.26. The van der Waals surface area contributed by atoms with Crippen molar-refractivity contribution in [3.8, 4) is 0 Å². The van der Waals surface area contributed by atoms with Gasteiger partial charge in [-0.25, -0.2) is 0 Å². The molecule has 0 fully saturated rings. The molecule has 0 saturated carbocycles. The summed E-state index contributed by atoms with van der Waals surface area (Å²) in [6, 6.07) is 24.5. The Balaban J connectivity index is 1.46. The van der Waals surface area contributed by atoms with Crippen molar-refractivity contribution in [3.05, 3.63) is 101 Å². The van der Waals surface area contributed by atoms with Gasteiger partial charge in [0.1, 0.15) is 0 Å². The predicted octanol–water partition coefficient (Wildman–Crippen LogP) is 5.98. The largest absolute Gasteiger partial charge is 0.350 e. The zero-order valence-corrected chi connectivity index (χ0v) is 18.2. The highest BCUT2D eigenvalue weighted by Gasteiger charge is 2.10. The number of amides is 1. The molecule has 0 spiro atoms. The summed E-state index contributed by atoms with van der Waals surface area (Å²) in [6.45, 7) is 5.65. The van der Waals surface area contributed by atoms with Crippen LogP contribution < -0.4 is 5.32 Å². The number of benzene rings is 3. The molecule has 0 radical (unpaired) electrons. The second-order valence-electron chi connectivity index (χ2n) is 7.54. The van der Waals surface area contributed by atoms with E-state index in [0.29, 0.717) is 12.1 Å². The van der Waals surface area contributed by atoms with Crippen LogP contribution in [0.25, 0.3) is 10.9 Å². The molecule has 30 heavy (non-hydrogen) atoms. The van der Waals surface area contributed by atoms with Crippen molar-refractivity contribution >= 4 is 28.6 Å². The van der Waals surface area contributed by atoms with Crippen LogP contribution in [0.2, 0.25) is 0 Å². The summed E-state index contributed by atoms with van der Waals surface area (Å²) in [7, 11) is 0. The number of carbonyl (C=O) groups is 1. The standard InChI is InChI=1S/C26H26N2OS/c1-19-12-13-20(2)22(16-19)18-30-25-17-28(24-11-7-6-10-23(24)25)15-14-27-26(29)21-8-4-3-5-9-21/h3-13,16-17H,14-15,18H2,1-2H3,(H,27,29). The highest BCUT2D eigenvalue weighted by molar-refractivity contribution is 7.98. The third-order valence-corrected chi connectivity index (χ3v) is 6.41. The minimum absolute atomic E-state index is 0.0309. The molecule has 4 aromatic rings. The molecule has 4 rings (SSSR count). The summed E-state index contributed by atoms with van der Waals surface area (Å²) in [5, 5.41) is 4.29. The molecule has 0 atom stereocenters. The van der Waals surface area contributed by atoms with Crippen molar-refractivity contribution in [3.63, 3.8) is 0 Å². The van der Waals surface area contributed by atoms with E-state index >= 15 is 0 Å². The molecular formula is C26H26N2OS. The highest BCUT2D eigenvalue weighted by Crippen LogP contribution is 2.32. The normalized spacial score (nSPS) is 11.0. The Morgan fingerprint density at radius 1 is 0.967 bits per heavy atom. The van der Waals surface area contributed by atoms with Crippen molar-refractivity contribution in [2.45, 2.75) is 31.0 Å². The molecular weight excluding hydrogens is 388 g/mol. The molecule has 0 unspecified atom stereocenters. The van der Waals surface area contributed by atoms with Crippen LogP contribution >= 0.6 is 11.8 Å². The summed E-state index contributed by atoms with van der Waals surface area (Å²) in [6.07, 6.45) is 2.22. The molecule has 0 aliphatic heterocycles. The zero-order chi connectivity index (χ0) is 20.9. The van der Waals surface area contributed by atoms with E-state index in [9.17, 15) is 4.79 Å². The molecule has 0 saturated heterocycles. The first-order valence-electron chi connectivity index (χ1n) is 10.2. The molecule has 152 valence electrons. The summed E-state index contributed by atoms with van der Waals surface area (Å²) in [5.41, 5.74) is 5.91. The molecule has 1 N–H and O–H groups in total. The second-order valence-corrected chi connectivity index (χ2v) is 8.56. The molecule has 1 aromatic heterocycles. The molecule has 3 aromatic carbocycles. The van der Waals surface area contributed by atoms with Crippen LogP contribution in [0.1, 0.15) is 27.0 Å². The van der Waals surface area contributed by atoms with Crippen molar-refractivity contribution < 1.29 is 4.79 Å². The van der Waals surface area contributed by atoms with Crippen molar-refractivity contribution in [1.29, 1.82) is 0 Å². The maximum absolute atomic E-state index is 12.3. The number of hydrogen-bond acceptors (Lipinski definition) is 2. The minimum Gasteiger partial charge on any atom is -0.350 e. The number of rotatable bonds is 7. The fourth-order valence-electron chi connectivity index (χ4n) is 3.61. The maximum Gasteiger partial charge on any atom is 0.251 e. The molecule has 0 aliphatic rings. The first-order chi connectivity index (χ1) is 14.6. The molecule has 1 amide bonds. The van der Waals surface area contributed by atoms with Crippen molar-refractivity contribution in [1.82, 2.24) is 9.88 Å². The number of para-hydroxylation sites is 1. The number of nitrogens with zero attached hydrogens (tertiary/aromatic N) is 1. The Labute approximate surface area is 182 Å². The zero-order valence-electron chi connectivity index (χ0n) is 17.4. The van der Waals surface area contributed by atoms with E-state index in [1.807, 2.05) is 42.1 Å². The predicted molar refractivity (Wildman–Crippen MR) is 126 cm³/mol. The average Bonchev–Trinajstić information content (AvgIpc) is 3.13. The third-order valence-electron chi connectivity index (χ3n) is 5.31. The Kier molecular flexibility index (Phi) is 6.24. The van der Waals surface area contributed by atoms with E-state index < -0.39 is 0 Å². The van der Waals surface area contributed by atoms with Gasteiger partial charge in [0.2, 0.25) is 0 Å². The van der Waals surface area contributed by atoms with Gasteiger partial charge >= 0.3 is 0 Å². The first kappa shape index (κ1) is 20.3. The Hall–Kier alpha value is -2.98. The van der Waals surface area contributed by atoms with Crippen LogP contribution in [0.3, 0.4) is 0 Å². The molecule has 0 bridgehead atoms. The van der Waals surface area contributed by atoms with Gasteiger partial charge in [0.15, 0.2) is 0 Å². The SMILES string of the molecule is Cc1ccc(C)c(CSc2cn(CCNC(=O)c3ccccc3)c3ccccc23)c1. The first-order valence-corrected chi connectivity index (χ1v) is 11.2. The summed E-state index contributed by atoms with van der Waals surface area (Å²) in [5.74, 6) is 0.920. The quantitative estimate of drug-likeness (QED) is 0.377. The lowest BCUT2D eigenvalue weighted by Gasteiger charge is -2.07. The number of carbonyl (C=O) groups excluding carboxylic acids is 1. The van der Waals surface area contributed by atoms with Gasteiger partial charge in [-0.15, -0.1) is 11.8 Å². The Morgan fingerprint density at radius 2 is 1.73 bits per heavy atom. The maximum atomic E-state index is 12.3.